The Balaban J connectivity index is 1.65. The summed E-state index contributed by atoms with van der Waals surface area (Å²) in [7, 11) is 0. The van der Waals surface area contributed by atoms with Gasteiger partial charge in [-0.1, -0.05) is 0 Å². The number of hydrogen-bond donors (Lipinski definition) is 0. The molecule has 136 valence electrons. The highest BCUT2D eigenvalue weighted by molar-refractivity contribution is 7.25. The maximum Gasteiger partial charge on any atom is 0.271 e. The molecular formula is C18H20N4O3S. The number of hydrogen-bond acceptors (Lipinski definition) is 6. The lowest BCUT2D eigenvalue weighted by Gasteiger charge is -2.41. The number of ether oxygens (including phenoxy) is 1. The van der Waals surface area contributed by atoms with Crippen LogP contribution < -0.4 is 5.56 Å². The first-order valence-corrected chi connectivity index (χ1v) is 9.34. The zero-order valence-electron chi connectivity index (χ0n) is 14.9. The van der Waals surface area contributed by atoms with Crippen molar-refractivity contribution in [3.63, 3.8) is 0 Å². The van der Waals surface area contributed by atoms with Gasteiger partial charge in [-0.3, -0.25) is 14.2 Å². The summed E-state index contributed by atoms with van der Waals surface area (Å²) in [6.45, 7) is 6.89. The van der Waals surface area contributed by atoms with E-state index >= 15 is 0 Å². The molecule has 0 aromatic carbocycles. The van der Waals surface area contributed by atoms with Gasteiger partial charge in [-0.2, -0.15) is 0 Å². The standard InChI is InChI=1S/C18H20N4O3S/c1-11-7-21(9-18(2,3)25-11)13(23)8-22-10-20-14-12-5-4-6-19-16(12)26-15(14)17(22)24/h4-6,10-11H,7-9H2,1-3H3. The number of carbonyl (C=O) groups is 1. The molecule has 1 aliphatic heterocycles. The smallest absolute Gasteiger partial charge is 0.271 e. The van der Waals surface area contributed by atoms with Gasteiger partial charge in [0.2, 0.25) is 5.91 Å². The van der Waals surface area contributed by atoms with Gasteiger partial charge in [0.25, 0.3) is 5.56 Å². The van der Waals surface area contributed by atoms with E-state index < -0.39 is 5.60 Å². The summed E-state index contributed by atoms with van der Waals surface area (Å²) in [6.07, 6.45) is 3.12. The zero-order chi connectivity index (χ0) is 18.5. The second kappa shape index (κ2) is 6.14. The largest absolute Gasteiger partial charge is 0.369 e. The molecule has 1 fully saturated rings. The van der Waals surface area contributed by atoms with E-state index in [4.69, 9.17) is 4.74 Å². The predicted octanol–water partition coefficient (Wildman–Crippen LogP) is 2.03. The SMILES string of the molecule is CC1CN(C(=O)Cn2cnc3c(sc4ncccc43)c2=O)CC(C)(C)O1. The Kier molecular flexibility index (Phi) is 4.04. The predicted molar refractivity (Wildman–Crippen MR) is 100 cm³/mol. The summed E-state index contributed by atoms with van der Waals surface area (Å²) < 4.78 is 7.75. The van der Waals surface area contributed by atoms with Gasteiger partial charge in [0.1, 0.15) is 16.1 Å². The fraction of sp³-hybridized carbons (Fsp3) is 0.444. The molecule has 4 rings (SSSR count). The molecule has 1 saturated heterocycles. The number of nitrogens with zero attached hydrogens (tertiary/aromatic N) is 4. The highest BCUT2D eigenvalue weighted by Gasteiger charge is 2.33. The average molecular weight is 372 g/mol. The Labute approximate surface area is 154 Å². The number of carbonyl (C=O) groups excluding carboxylic acids is 1. The van der Waals surface area contributed by atoms with Crippen LogP contribution in [-0.2, 0) is 16.1 Å². The summed E-state index contributed by atoms with van der Waals surface area (Å²) in [5, 5.41) is 0.867. The zero-order valence-corrected chi connectivity index (χ0v) is 15.7. The molecule has 3 aromatic rings. The summed E-state index contributed by atoms with van der Waals surface area (Å²) in [5.41, 5.74) is 0.0531. The van der Waals surface area contributed by atoms with Gasteiger partial charge in [0, 0.05) is 24.7 Å². The summed E-state index contributed by atoms with van der Waals surface area (Å²) in [6, 6.07) is 3.73. The molecule has 26 heavy (non-hydrogen) atoms. The first kappa shape index (κ1) is 17.1. The second-order valence-electron chi connectivity index (χ2n) is 7.28. The van der Waals surface area contributed by atoms with Crippen molar-refractivity contribution in [3.8, 4) is 0 Å². The third-order valence-corrected chi connectivity index (χ3v) is 5.54. The molecule has 0 saturated carbocycles. The van der Waals surface area contributed by atoms with Crippen molar-refractivity contribution in [1.29, 1.82) is 0 Å². The first-order chi connectivity index (χ1) is 12.3. The molecule has 7 nitrogen and oxygen atoms in total. The molecule has 3 aromatic heterocycles. The van der Waals surface area contributed by atoms with E-state index in [1.165, 1.54) is 22.2 Å². The van der Waals surface area contributed by atoms with Gasteiger partial charge < -0.3 is 9.64 Å². The fourth-order valence-electron chi connectivity index (χ4n) is 3.51. The van der Waals surface area contributed by atoms with Crippen LogP contribution in [0.15, 0.2) is 29.5 Å². The van der Waals surface area contributed by atoms with Crippen molar-refractivity contribution in [2.75, 3.05) is 13.1 Å². The van der Waals surface area contributed by atoms with Crippen molar-refractivity contribution in [2.24, 2.45) is 0 Å². The highest BCUT2D eigenvalue weighted by Crippen LogP contribution is 2.28. The average Bonchev–Trinajstić information content (AvgIpc) is 2.95. The Morgan fingerprint density at radius 1 is 1.42 bits per heavy atom. The minimum absolute atomic E-state index is 0.0216. The van der Waals surface area contributed by atoms with E-state index in [0.29, 0.717) is 23.3 Å². The van der Waals surface area contributed by atoms with E-state index in [0.717, 1.165) is 10.2 Å². The Morgan fingerprint density at radius 3 is 3.00 bits per heavy atom. The van der Waals surface area contributed by atoms with Crippen LogP contribution in [0.1, 0.15) is 20.8 Å². The van der Waals surface area contributed by atoms with Crippen LogP contribution in [0.5, 0.6) is 0 Å². The number of rotatable bonds is 2. The third-order valence-electron chi connectivity index (χ3n) is 4.45. The van der Waals surface area contributed by atoms with Crippen molar-refractivity contribution in [3.05, 3.63) is 35.0 Å². The minimum Gasteiger partial charge on any atom is -0.369 e. The number of amides is 1. The van der Waals surface area contributed by atoms with Crippen molar-refractivity contribution in [1.82, 2.24) is 19.4 Å². The number of fused-ring (bicyclic) bond motifs is 3. The molecule has 1 atom stereocenters. The quantitative estimate of drug-likeness (QED) is 0.688. The topological polar surface area (TPSA) is 77.3 Å². The van der Waals surface area contributed by atoms with Gasteiger partial charge in [-0.25, -0.2) is 9.97 Å². The number of thiophene rings is 1. The lowest BCUT2D eigenvalue weighted by atomic mass is 10.1. The lowest BCUT2D eigenvalue weighted by Crippen LogP contribution is -2.54. The Bertz CT molecular complexity index is 1060. The Morgan fingerprint density at radius 2 is 2.23 bits per heavy atom. The van der Waals surface area contributed by atoms with Gasteiger partial charge in [-0.05, 0) is 32.9 Å². The molecule has 1 amide bonds. The van der Waals surface area contributed by atoms with Crippen LogP contribution in [0.4, 0.5) is 0 Å². The minimum atomic E-state index is -0.391. The molecule has 0 radical (unpaired) electrons. The molecule has 0 N–H and O–H groups in total. The number of aromatic nitrogens is 3. The fourth-order valence-corrected chi connectivity index (χ4v) is 4.55. The molecule has 4 heterocycles. The van der Waals surface area contributed by atoms with Crippen LogP contribution in [0.25, 0.3) is 20.4 Å². The number of morpholine rings is 1. The van der Waals surface area contributed by atoms with Crippen molar-refractivity contribution in [2.45, 2.75) is 39.0 Å². The van der Waals surface area contributed by atoms with Crippen LogP contribution >= 0.6 is 11.3 Å². The van der Waals surface area contributed by atoms with E-state index in [1.807, 2.05) is 32.9 Å². The maximum atomic E-state index is 12.8. The Hall–Kier alpha value is -2.32. The van der Waals surface area contributed by atoms with Crippen molar-refractivity contribution < 1.29 is 9.53 Å². The van der Waals surface area contributed by atoms with E-state index in [9.17, 15) is 9.59 Å². The summed E-state index contributed by atoms with van der Waals surface area (Å²) in [5.74, 6) is -0.101. The number of pyridine rings is 1. The van der Waals surface area contributed by atoms with Crippen molar-refractivity contribution >= 4 is 37.7 Å². The van der Waals surface area contributed by atoms with Crippen LogP contribution in [0.2, 0.25) is 0 Å². The second-order valence-corrected chi connectivity index (χ2v) is 8.28. The lowest BCUT2D eigenvalue weighted by molar-refractivity contribution is -0.158. The summed E-state index contributed by atoms with van der Waals surface area (Å²) in [4.78, 5) is 36.8. The van der Waals surface area contributed by atoms with E-state index in [2.05, 4.69) is 9.97 Å². The summed E-state index contributed by atoms with van der Waals surface area (Å²) >= 11 is 1.31. The van der Waals surface area contributed by atoms with E-state index in [1.54, 1.807) is 11.1 Å². The molecule has 1 unspecified atom stereocenters. The maximum absolute atomic E-state index is 12.8. The molecule has 0 spiro atoms. The molecule has 1 aliphatic rings. The highest BCUT2D eigenvalue weighted by atomic mass is 32.1. The van der Waals surface area contributed by atoms with Gasteiger partial charge >= 0.3 is 0 Å². The molecule has 8 heteroatoms. The van der Waals surface area contributed by atoms with Gasteiger partial charge in [0.05, 0.1) is 23.5 Å². The van der Waals surface area contributed by atoms with Crippen LogP contribution in [0.3, 0.4) is 0 Å². The first-order valence-electron chi connectivity index (χ1n) is 8.52. The van der Waals surface area contributed by atoms with Crippen LogP contribution in [-0.4, -0.2) is 50.1 Å². The van der Waals surface area contributed by atoms with Gasteiger partial charge in [-0.15, -0.1) is 11.3 Å². The van der Waals surface area contributed by atoms with E-state index in [-0.39, 0.29) is 24.1 Å². The monoisotopic (exact) mass is 372 g/mol. The van der Waals surface area contributed by atoms with Crippen LogP contribution in [0, 0.1) is 0 Å². The molecular weight excluding hydrogens is 352 g/mol. The third kappa shape index (κ3) is 2.99. The molecule has 0 bridgehead atoms. The normalized spacial score (nSPS) is 20.0. The van der Waals surface area contributed by atoms with Gasteiger partial charge in [0.15, 0.2) is 0 Å². The molecule has 0 aliphatic carbocycles.